The van der Waals surface area contributed by atoms with E-state index in [1.165, 1.54) is 6.33 Å². The van der Waals surface area contributed by atoms with Crippen LogP contribution in [0, 0.1) is 0 Å². The predicted molar refractivity (Wildman–Crippen MR) is 66.6 cm³/mol. The molecule has 88 valence electrons. The summed E-state index contributed by atoms with van der Waals surface area (Å²) in [5, 5.41) is 0. The third-order valence-corrected chi connectivity index (χ3v) is 2.61. The van der Waals surface area contributed by atoms with Gasteiger partial charge in [-0.05, 0) is 11.6 Å². The fourth-order valence-corrected chi connectivity index (χ4v) is 1.80. The van der Waals surface area contributed by atoms with Gasteiger partial charge in [-0.2, -0.15) is 0 Å². The Hall–Kier alpha value is -2.56. The molecule has 0 saturated heterocycles. The highest BCUT2D eigenvalue weighted by atomic mass is 15.1. The van der Waals surface area contributed by atoms with Gasteiger partial charge in [0.2, 0.25) is 0 Å². The fourth-order valence-electron chi connectivity index (χ4n) is 1.80. The van der Waals surface area contributed by atoms with Crippen molar-refractivity contribution in [2.24, 2.45) is 0 Å². The third kappa shape index (κ3) is 2.10. The van der Waals surface area contributed by atoms with Crippen molar-refractivity contribution < 1.29 is 0 Å². The summed E-state index contributed by atoms with van der Waals surface area (Å²) in [5.41, 5.74) is 2.04. The van der Waals surface area contributed by atoms with Crippen molar-refractivity contribution in [3.8, 4) is 11.4 Å². The van der Waals surface area contributed by atoms with Gasteiger partial charge in [0.25, 0.3) is 0 Å². The van der Waals surface area contributed by atoms with Crippen LogP contribution in [0.25, 0.3) is 11.4 Å². The first-order chi connectivity index (χ1) is 8.93. The summed E-state index contributed by atoms with van der Waals surface area (Å²) in [4.78, 5) is 16.5. The molecule has 0 N–H and O–H groups in total. The van der Waals surface area contributed by atoms with E-state index >= 15 is 0 Å². The van der Waals surface area contributed by atoms with E-state index in [0.717, 1.165) is 23.5 Å². The Morgan fingerprint density at radius 3 is 2.67 bits per heavy atom. The molecule has 0 aliphatic rings. The topological polar surface area (TPSA) is 56.5 Å². The molecule has 0 aromatic carbocycles. The molecule has 0 atom stereocenters. The Morgan fingerprint density at radius 1 is 1.00 bits per heavy atom. The second-order valence-electron chi connectivity index (χ2n) is 3.87. The lowest BCUT2D eigenvalue weighted by molar-refractivity contribution is 0.801. The second kappa shape index (κ2) is 4.75. The van der Waals surface area contributed by atoms with Gasteiger partial charge in [-0.15, -0.1) is 0 Å². The van der Waals surface area contributed by atoms with Crippen LogP contribution >= 0.6 is 0 Å². The van der Waals surface area contributed by atoms with Crippen LogP contribution in [0.15, 0.2) is 55.6 Å². The minimum absolute atomic E-state index is 0.734. The average Bonchev–Trinajstić information content (AvgIpc) is 2.89. The SMILES string of the molecule is c1cncc(Cn2ccnc2-c2cncnc2)c1. The number of hydrogen-bond acceptors (Lipinski definition) is 4. The minimum Gasteiger partial charge on any atom is -0.326 e. The molecule has 5 nitrogen and oxygen atoms in total. The Bertz CT molecular complexity index is 618. The van der Waals surface area contributed by atoms with Gasteiger partial charge in [0.1, 0.15) is 12.2 Å². The second-order valence-corrected chi connectivity index (χ2v) is 3.87. The molecule has 3 aromatic heterocycles. The van der Waals surface area contributed by atoms with Crippen LogP contribution in [-0.4, -0.2) is 24.5 Å². The van der Waals surface area contributed by atoms with Gasteiger partial charge in [0, 0.05) is 37.2 Å². The van der Waals surface area contributed by atoms with Crippen LogP contribution in [0.1, 0.15) is 5.56 Å². The number of aromatic nitrogens is 5. The molecule has 0 bridgehead atoms. The van der Waals surface area contributed by atoms with Gasteiger partial charge >= 0.3 is 0 Å². The summed E-state index contributed by atoms with van der Waals surface area (Å²) in [6, 6.07) is 3.97. The number of nitrogens with zero attached hydrogens (tertiary/aromatic N) is 5. The van der Waals surface area contributed by atoms with Crippen molar-refractivity contribution in [1.29, 1.82) is 0 Å². The van der Waals surface area contributed by atoms with Crippen molar-refractivity contribution in [1.82, 2.24) is 24.5 Å². The third-order valence-electron chi connectivity index (χ3n) is 2.61. The number of rotatable bonds is 3. The van der Waals surface area contributed by atoms with Gasteiger partial charge in [-0.1, -0.05) is 6.07 Å². The van der Waals surface area contributed by atoms with E-state index in [4.69, 9.17) is 0 Å². The van der Waals surface area contributed by atoms with E-state index in [-0.39, 0.29) is 0 Å². The molecule has 5 heteroatoms. The van der Waals surface area contributed by atoms with Gasteiger partial charge < -0.3 is 4.57 Å². The van der Waals surface area contributed by atoms with Crippen molar-refractivity contribution >= 4 is 0 Å². The van der Waals surface area contributed by atoms with Crippen LogP contribution in [0.5, 0.6) is 0 Å². The number of pyridine rings is 1. The van der Waals surface area contributed by atoms with E-state index in [9.17, 15) is 0 Å². The molecule has 3 heterocycles. The maximum absolute atomic E-state index is 4.35. The van der Waals surface area contributed by atoms with E-state index in [2.05, 4.69) is 24.5 Å². The molecule has 0 unspecified atom stereocenters. The van der Waals surface area contributed by atoms with Crippen molar-refractivity contribution in [3.05, 3.63) is 61.2 Å². The lowest BCUT2D eigenvalue weighted by Crippen LogP contribution is -2.01. The largest absolute Gasteiger partial charge is 0.326 e. The summed E-state index contributed by atoms with van der Waals surface area (Å²) in [7, 11) is 0. The molecule has 0 radical (unpaired) electrons. The van der Waals surface area contributed by atoms with Crippen molar-refractivity contribution in [2.75, 3.05) is 0 Å². The molecule has 0 amide bonds. The fraction of sp³-hybridized carbons (Fsp3) is 0.0769. The summed E-state index contributed by atoms with van der Waals surface area (Å²) >= 11 is 0. The molecule has 3 rings (SSSR count). The minimum atomic E-state index is 0.734. The van der Waals surface area contributed by atoms with E-state index in [1.807, 2.05) is 24.5 Å². The van der Waals surface area contributed by atoms with Crippen molar-refractivity contribution in [2.45, 2.75) is 6.54 Å². The highest BCUT2D eigenvalue weighted by Gasteiger charge is 2.06. The summed E-state index contributed by atoms with van der Waals surface area (Å²) in [6.45, 7) is 0.734. The van der Waals surface area contributed by atoms with Gasteiger partial charge in [0.05, 0.1) is 12.1 Å². The van der Waals surface area contributed by atoms with E-state index < -0.39 is 0 Å². The first kappa shape index (κ1) is 10.6. The molecule has 0 aliphatic carbocycles. The Balaban J connectivity index is 1.93. The molecular weight excluding hydrogens is 226 g/mol. The van der Waals surface area contributed by atoms with Crippen LogP contribution in [0.4, 0.5) is 0 Å². The Labute approximate surface area is 104 Å². The Kier molecular flexibility index (Phi) is 2.79. The molecular formula is C13H11N5. The monoisotopic (exact) mass is 237 g/mol. The lowest BCUT2D eigenvalue weighted by atomic mass is 10.2. The van der Waals surface area contributed by atoms with Crippen LogP contribution < -0.4 is 0 Å². The lowest BCUT2D eigenvalue weighted by Gasteiger charge is -2.06. The first-order valence-corrected chi connectivity index (χ1v) is 5.59. The molecule has 0 spiro atoms. The van der Waals surface area contributed by atoms with Crippen LogP contribution in [0.3, 0.4) is 0 Å². The zero-order valence-corrected chi connectivity index (χ0v) is 9.64. The van der Waals surface area contributed by atoms with Gasteiger partial charge in [0.15, 0.2) is 0 Å². The highest BCUT2D eigenvalue weighted by molar-refractivity contribution is 5.52. The zero-order chi connectivity index (χ0) is 12.2. The average molecular weight is 237 g/mol. The summed E-state index contributed by atoms with van der Waals surface area (Å²) in [6.07, 6.45) is 12.4. The van der Waals surface area contributed by atoms with Gasteiger partial charge in [-0.25, -0.2) is 15.0 Å². The normalized spacial score (nSPS) is 10.4. The number of hydrogen-bond donors (Lipinski definition) is 0. The smallest absolute Gasteiger partial charge is 0.143 e. The molecule has 18 heavy (non-hydrogen) atoms. The van der Waals surface area contributed by atoms with Gasteiger partial charge in [-0.3, -0.25) is 4.98 Å². The number of imidazole rings is 1. The standard InChI is InChI=1S/C13H11N5/c1-2-11(6-14-3-1)9-18-5-4-17-13(18)12-7-15-10-16-8-12/h1-8,10H,9H2. The molecule has 0 aliphatic heterocycles. The van der Waals surface area contributed by atoms with Crippen LogP contribution in [-0.2, 0) is 6.54 Å². The van der Waals surface area contributed by atoms with Crippen molar-refractivity contribution in [3.63, 3.8) is 0 Å². The van der Waals surface area contributed by atoms with E-state index in [0.29, 0.717) is 0 Å². The van der Waals surface area contributed by atoms with Crippen LogP contribution in [0.2, 0.25) is 0 Å². The summed E-state index contributed by atoms with van der Waals surface area (Å²) < 4.78 is 2.05. The molecule has 0 saturated carbocycles. The zero-order valence-electron chi connectivity index (χ0n) is 9.64. The molecule has 3 aromatic rings. The van der Waals surface area contributed by atoms with E-state index in [1.54, 1.807) is 24.8 Å². The highest BCUT2D eigenvalue weighted by Crippen LogP contribution is 2.16. The maximum atomic E-state index is 4.35. The summed E-state index contributed by atoms with van der Waals surface area (Å²) in [5.74, 6) is 0.861. The predicted octanol–water partition coefficient (Wildman–Crippen LogP) is 1.78. The maximum Gasteiger partial charge on any atom is 0.143 e. The quantitative estimate of drug-likeness (QED) is 0.696. The first-order valence-electron chi connectivity index (χ1n) is 5.59. The molecule has 0 fully saturated rings. The Morgan fingerprint density at radius 2 is 1.89 bits per heavy atom.